The summed E-state index contributed by atoms with van der Waals surface area (Å²) >= 11 is 0. The molecule has 9 rings (SSSR count). The molecule has 0 saturated carbocycles. The summed E-state index contributed by atoms with van der Waals surface area (Å²) in [5.41, 5.74) is 13.4. The molecule has 2 heterocycles. The van der Waals surface area contributed by atoms with Crippen molar-refractivity contribution >= 4 is 21.8 Å². The van der Waals surface area contributed by atoms with E-state index in [9.17, 15) is 5.11 Å². The second-order valence-electron chi connectivity index (χ2n) is 17.3. The normalized spacial score (nSPS) is 12.0. The van der Waals surface area contributed by atoms with Gasteiger partial charge in [0.1, 0.15) is 11.6 Å². The molecule has 0 saturated heterocycles. The lowest BCUT2D eigenvalue weighted by molar-refractivity contribution is 0.446. The molecule has 284 valence electrons. The molecule has 0 aliphatic rings. The van der Waals surface area contributed by atoms with Gasteiger partial charge in [0.25, 0.3) is 0 Å². The fraction of sp³-hybridized carbons (Fsp3) is 0.148. The maximum Gasteiger partial charge on any atom is 0.149 e. The zero-order valence-corrected chi connectivity index (χ0v) is 34.0. The number of nitrogens with zero attached hydrogens (tertiary/aromatic N) is 3. The fourth-order valence-electron chi connectivity index (χ4n) is 8.23. The molecular weight excluding hydrogens is 707 g/mol. The lowest BCUT2D eigenvalue weighted by Gasteiger charge is -2.28. The van der Waals surface area contributed by atoms with E-state index in [-0.39, 0.29) is 16.6 Å². The fourth-order valence-corrected chi connectivity index (χ4v) is 8.23. The van der Waals surface area contributed by atoms with E-state index in [0.717, 1.165) is 83.3 Å². The smallest absolute Gasteiger partial charge is 0.149 e. The number of fused-ring (bicyclic) bond motifs is 2. The topological polar surface area (TPSA) is 50.9 Å². The molecule has 0 spiro atoms. The van der Waals surface area contributed by atoms with Gasteiger partial charge in [0, 0.05) is 34.0 Å². The molecule has 0 atom stereocenters. The van der Waals surface area contributed by atoms with Crippen molar-refractivity contribution in [2.75, 3.05) is 0 Å². The Kier molecular flexibility index (Phi) is 9.09. The summed E-state index contributed by atoms with van der Waals surface area (Å²) < 4.78 is 2.30. The van der Waals surface area contributed by atoms with Crippen LogP contribution in [0.25, 0.3) is 83.5 Å². The first-order valence-corrected chi connectivity index (χ1v) is 20.1. The third-order valence-electron chi connectivity index (χ3n) is 11.3. The second kappa shape index (κ2) is 14.3. The van der Waals surface area contributed by atoms with Crippen molar-refractivity contribution in [2.24, 2.45) is 0 Å². The molecule has 58 heavy (non-hydrogen) atoms. The van der Waals surface area contributed by atoms with Gasteiger partial charge in [0.05, 0.1) is 28.0 Å². The van der Waals surface area contributed by atoms with Crippen molar-refractivity contribution in [2.45, 2.75) is 52.4 Å². The molecule has 4 nitrogen and oxygen atoms in total. The highest BCUT2D eigenvalue weighted by Crippen LogP contribution is 2.47. The number of imidazole rings is 1. The van der Waals surface area contributed by atoms with Crippen molar-refractivity contribution in [1.82, 2.24) is 14.5 Å². The van der Waals surface area contributed by atoms with Crippen molar-refractivity contribution in [3.8, 4) is 67.5 Å². The Balaban J connectivity index is 1.44. The highest BCUT2D eigenvalue weighted by atomic mass is 16.3. The molecule has 0 bridgehead atoms. The molecule has 0 fully saturated rings. The summed E-state index contributed by atoms with van der Waals surface area (Å²) in [6.45, 7) is 13.2. The number of rotatable bonds is 6. The quantitative estimate of drug-likeness (QED) is 0.184. The van der Waals surface area contributed by atoms with Gasteiger partial charge in [-0.3, -0.25) is 9.55 Å². The van der Waals surface area contributed by atoms with Crippen LogP contribution in [0.5, 0.6) is 5.75 Å². The van der Waals surface area contributed by atoms with Crippen molar-refractivity contribution < 1.29 is 5.11 Å². The summed E-state index contributed by atoms with van der Waals surface area (Å²) in [4.78, 5) is 10.5. The van der Waals surface area contributed by atoms with E-state index in [2.05, 4.69) is 198 Å². The van der Waals surface area contributed by atoms with Gasteiger partial charge in [-0.2, -0.15) is 0 Å². The summed E-state index contributed by atoms with van der Waals surface area (Å²) in [6.07, 6.45) is 1.85. The molecule has 0 aliphatic heterocycles. The zero-order chi connectivity index (χ0) is 40.2. The lowest BCUT2D eigenvalue weighted by atomic mass is 9.79. The Hall–Kier alpha value is -6.78. The minimum absolute atomic E-state index is 0.186. The van der Waals surface area contributed by atoms with Crippen LogP contribution in [0.15, 0.2) is 170 Å². The maximum absolute atomic E-state index is 12.5. The van der Waals surface area contributed by atoms with Gasteiger partial charge in [-0.05, 0) is 80.3 Å². The second-order valence-corrected chi connectivity index (χ2v) is 17.3. The van der Waals surface area contributed by atoms with E-state index in [4.69, 9.17) is 9.97 Å². The first-order valence-electron chi connectivity index (χ1n) is 20.1. The largest absolute Gasteiger partial charge is 0.507 e. The molecule has 7 aromatic carbocycles. The predicted octanol–water partition coefficient (Wildman–Crippen LogP) is 14.2. The van der Waals surface area contributed by atoms with E-state index in [0.29, 0.717) is 11.4 Å². The maximum atomic E-state index is 12.5. The number of pyridine rings is 1. The van der Waals surface area contributed by atoms with Crippen molar-refractivity contribution in [3.63, 3.8) is 0 Å². The number of aromatic hydroxyl groups is 1. The lowest BCUT2D eigenvalue weighted by Crippen LogP contribution is -2.17. The Morgan fingerprint density at radius 2 is 1.12 bits per heavy atom. The van der Waals surface area contributed by atoms with Crippen LogP contribution in [-0.4, -0.2) is 19.6 Å². The van der Waals surface area contributed by atoms with Crippen LogP contribution in [0, 0.1) is 0 Å². The van der Waals surface area contributed by atoms with Crippen LogP contribution >= 0.6 is 0 Å². The Labute approximate surface area is 341 Å². The zero-order valence-electron chi connectivity index (χ0n) is 34.0. The minimum Gasteiger partial charge on any atom is -0.507 e. The number of benzene rings is 7. The Morgan fingerprint density at radius 3 is 1.76 bits per heavy atom. The van der Waals surface area contributed by atoms with Gasteiger partial charge in [0.2, 0.25) is 0 Å². The summed E-state index contributed by atoms with van der Waals surface area (Å²) in [5, 5.41) is 14.8. The van der Waals surface area contributed by atoms with Crippen LogP contribution in [0.4, 0.5) is 0 Å². The van der Waals surface area contributed by atoms with E-state index in [1.54, 1.807) is 0 Å². The molecule has 1 N–H and O–H groups in total. The van der Waals surface area contributed by atoms with Gasteiger partial charge >= 0.3 is 0 Å². The number of para-hydroxylation sites is 2. The third-order valence-corrected chi connectivity index (χ3v) is 11.3. The van der Waals surface area contributed by atoms with Crippen molar-refractivity contribution in [1.29, 1.82) is 0 Å². The predicted molar refractivity (Wildman–Crippen MR) is 243 cm³/mol. The van der Waals surface area contributed by atoms with Gasteiger partial charge in [-0.25, -0.2) is 4.98 Å². The van der Waals surface area contributed by atoms with Crippen LogP contribution in [-0.2, 0) is 10.8 Å². The van der Waals surface area contributed by atoms with E-state index in [1.807, 2.05) is 18.3 Å². The van der Waals surface area contributed by atoms with E-state index in [1.165, 1.54) is 0 Å². The van der Waals surface area contributed by atoms with E-state index < -0.39 is 0 Å². The first kappa shape index (κ1) is 36.8. The average Bonchev–Trinajstić information content (AvgIpc) is 3.62. The molecule has 9 aromatic rings. The Morgan fingerprint density at radius 1 is 0.500 bits per heavy atom. The SMILES string of the molecule is CC(C)(C)c1cc(-c2nc3c(-c4cc(-c5ccccn5)c5ccccc5c4)cccc3n2-c2c(-c3ccccc3)cccc2-c2ccccc2)c(O)c(C(C)(C)C)c1. The minimum atomic E-state index is -0.327. The third kappa shape index (κ3) is 6.55. The first-order chi connectivity index (χ1) is 28.0. The highest BCUT2D eigenvalue weighted by Gasteiger charge is 2.30. The molecule has 0 aliphatic carbocycles. The summed E-state index contributed by atoms with van der Waals surface area (Å²) in [7, 11) is 0. The molecule has 0 radical (unpaired) electrons. The van der Waals surface area contributed by atoms with Gasteiger partial charge in [-0.1, -0.05) is 169 Å². The number of hydrogen-bond donors (Lipinski definition) is 1. The summed E-state index contributed by atoms with van der Waals surface area (Å²) in [5.74, 6) is 0.933. The molecule has 0 unspecified atom stereocenters. The molecule has 4 heteroatoms. The van der Waals surface area contributed by atoms with Crippen LogP contribution in [0.2, 0.25) is 0 Å². The number of phenols is 1. The van der Waals surface area contributed by atoms with E-state index >= 15 is 0 Å². The van der Waals surface area contributed by atoms with Crippen LogP contribution in [0.3, 0.4) is 0 Å². The Bertz CT molecular complexity index is 2890. The van der Waals surface area contributed by atoms with Crippen molar-refractivity contribution in [3.05, 3.63) is 181 Å². The van der Waals surface area contributed by atoms with Gasteiger partial charge in [0.15, 0.2) is 0 Å². The molecule has 2 aromatic heterocycles. The number of phenolic OH excluding ortho intramolecular Hbond substituents is 1. The monoisotopic (exact) mass is 753 g/mol. The standard InChI is InChI=1S/C54H47N3O/c1-53(2,3)39-33-45(51(58)46(34-39)54(4,5)6)52-56-49-41(38-31-37-23-13-14-24-40(37)44(32-38)47-28-15-16-30-55-47)25-18-29-48(49)57(52)50-42(35-19-9-7-10-20-35)26-17-27-43(50)36-21-11-8-12-22-36/h7-34,58H,1-6H3. The highest BCUT2D eigenvalue weighted by molar-refractivity contribution is 6.04. The molecule has 0 amide bonds. The number of aromatic nitrogens is 3. The van der Waals surface area contributed by atoms with Crippen LogP contribution in [0.1, 0.15) is 52.7 Å². The number of hydrogen-bond acceptors (Lipinski definition) is 3. The van der Waals surface area contributed by atoms with Gasteiger partial charge < -0.3 is 5.11 Å². The molecular formula is C54H47N3O. The average molecular weight is 754 g/mol. The summed E-state index contributed by atoms with van der Waals surface area (Å²) in [6, 6.07) is 57.6. The van der Waals surface area contributed by atoms with Gasteiger partial charge in [-0.15, -0.1) is 0 Å². The van der Waals surface area contributed by atoms with Crippen LogP contribution < -0.4 is 0 Å².